The SMILES string of the molecule is CCn1ncnc1CC(NC=O)C(=O)O. The van der Waals surface area contributed by atoms with Crippen molar-refractivity contribution in [3.63, 3.8) is 0 Å². The number of carboxylic acid groups (broad SMARTS) is 1. The Labute approximate surface area is 86.1 Å². The number of nitrogens with zero attached hydrogens (tertiary/aromatic N) is 3. The molecule has 82 valence electrons. The Kier molecular flexibility index (Phi) is 3.78. The van der Waals surface area contributed by atoms with Crippen LogP contribution in [0.3, 0.4) is 0 Å². The molecule has 0 spiro atoms. The van der Waals surface area contributed by atoms with Crippen LogP contribution in [-0.4, -0.2) is 38.3 Å². The Morgan fingerprint density at radius 3 is 3.07 bits per heavy atom. The monoisotopic (exact) mass is 212 g/mol. The third-order valence-corrected chi connectivity index (χ3v) is 1.95. The Morgan fingerprint density at radius 2 is 2.53 bits per heavy atom. The fourth-order valence-electron chi connectivity index (χ4n) is 1.19. The summed E-state index contributed by atoms with van der Waals surface area (Å²) in [6, 6.07) is -0.961. The molecule has 2 N–H and O–H groups in total. The number of rotatable bonds is 6. The molecule has 0 aliphatic heterocycles. The van der Waals surface area contributed by atoms with Gasteiger partial charge in [-0.25, -0.2) is 9.78 Å². The quantitative estimate of drug-likeness (QED) is 0.592. The lowest BCUT2D eigenvalue weighted by atomic mass is 10.2. The summed E-state index contributed by atoms with van der Waals surface area (Å²) in [5.74, 6) is -0.549. The lowest BCUT2D eigenvalue weighted by Crippen LogP contribution is -2.38. The predicted octanol–water partition coefficient (Wildman–Crippen LogP) is -0.960. The van der Waals surface area contributed by atoms with E-state index < -0.39 is 12.0 Å². The van der Waals surface area contributed by atoms with Crippen molar-refractivity contribution in [2.45, 2.75) is 25.9 Å². The molecule has 1 aromatic rings. The summed E-state index contributed by atoms with van der Waals surface area (Å²) in [6.07, 6.45) is 1.85. The third kappa shape index (κ3) is 2.76. The highest BCUT2D eigenvalue weighted by Gasteiger charge is 2.19. The number of hydrogen-bond acceptors (Lipinski definition) is 4. The Hall–Kier alpha value is -1.92. The lowest BCUT2D eigenvalue weighted by molar-refractivity contribution is -0.140. The van der Waals surface area contributed by atoms with E-state index in [1.54, 1.807) is 4.68 Å². The van der Waals surface area contributed by atoms with Crippen LogP contribution in [0, 0.1) is 0 Å². The molecule has 0 aliphatic rings. The minimum Gasteiger partial charge on any atom is -0.480 e. The number of hydrogen-bond donors (Lipinski definition) is 2. The highest BCUT2D eigenvalue weighted by molar-refractivity contribution is 5.76. The van der Waals surface area contributed by atoms with Crippen molar-refractivity contribution in [2.24, 2.45) is 0 Å². The van der Waals surface area contributed by atoms with Crippen molar-refractivity contribution < 1.29 is 14.7 Å². The van der Waals surface area contributed by atoms with Crippen LogP contribution in [0.25, 0.3) is 0 Å². The van der Waals surface area contributed by atoms with Gasteiger partial charge < -0.3 is 10.4 Å². The van der Waals surface area contributed by atoms with Crippen molar-refractivity contribution >= 4 is 12.4 Å². The highest BCUT2D eigenvalue weighted by atomic mass is 16.4. The Morgan fingerprint density at radius 1 is 1.80 bits per heavy atom. The Balaban J connectivity index is 2.73. The molecule has 7 nitrogen and oxygen atoms in total. The van der Waals surface area contributed by atoms with Gasteiger partial charge in [0.2, 0.25) is 6.41 Å². The summed E-state index contributed by atoms with van der Waals surface area (Å²) in [5, 5.41) is 14.9. The zero-order valence-electron chi connectivity index (χ0n) is 8.25. The van der Waals surface area contributed by atoms with E-state index >= 15 is 0 Å². The minimum atomic E-state index is -1.09. The molecule has 1 heterocycles. The largest absolute Gasteiger partial charge is 0.480 e. The summed E-state index contributed by atoms with van der Waals surface area (Å²) in [6.45, 7) is 2.49. The van der Waals surface area contributed by atoms with Gasteiger partial charge in [0.1, 0.15) is 18.2 Å². The molecule has 1 aromatic heterocycles. The molecule has 0 aromatic carbocycles. The van der Waals surface area contributed by atoms with E-state index in [2.05, 4.69) is 15.4 Å². The van der Waals surface area contributed by atoms with Gasteiger partial charge in [0.25, 0.3) is 0 Å². The van der Waals surface area contributed by atoms with Gasteiger partial charge in [-0.05, 0) is 6.92 Å². The van der Waals surface area contributed by atoms with Crippen LogP contribution in [0.2, 0.25) is 0 Å². The van der Waals surface area contributed by atoms with Gasteiger partial charge in [-0.2, -0.15) is 5.10 Å². The fourth-order valence-corrected chi connectivity index (χ4v) is 1.19. The standard InChI is InChI=1S/C8H12N4O3/c1-2-12-7(9-4-11-12)3-6(8(14)15)10-5-13/h4-6H,2-3H2,1H3,(H,10,13)(H,14,15). The first-order chi connectivity index (χ1) is 7.19. The zero-order valence-corrected chi connectivity index (χ0v) is 8.25. The van der Waals surface area contributed by atoms with E-state index in [-0.39, 0.29) is 6.42 Å². The summed E-state index contributed by atoms with van der Waals surface area (Å²) in [7, 11) is 0. The average Bonchev–Trinajstić information content (AvgIpc) is 2.64. The number of aliphatic carboxylic acids is 1. The summed E-state index contributed by atoms with van der Waals surface area (Å²) < 4.78 is 1.59. The molecule has 0 bridgehead atoms. The first-order valence-corrected chi connectivity index (χ1v) is 4.48. The molecule has 1 amide bonds. The summed E-state index contributed by atoms with van der Waals surface area (Å²) in [5.41, 5.74) is 0. The molecule has 7 heteroatoms. The summed E-state index contributed by atoms with van der Waals surface area (Å²) >= 11 is 0. The van der Waals surface area contributed by atoms with E-state index in [1.165, 1.54) is 6.33 Å². The molecule has 0 saturated heterocycles. The molecular weight excluding hydrogens is 200 g/mol. The van der Waals surface area contributed by atoms with Crippen LogP contribution in [-0.2, 0) is 22.6 Å². The van der Waals surface area contributed by atoms with E-state index in [9.17, 15) is 9.59 Å². The maximum absolute atomic E-state index is 10.7. The van der Waals surface area contributed by atoms with Gasteiger partial charge in [-0.1, -0.05) is 0 Å². The number of carbonyl (C=O) groups excluding carboxylic acids is 1. The van der Waals surface area contributed by atoms with Crippen molar-refractivity contribution in [2.75, 3.05) is 0 Å². The van der Waals surface area contributed by atoms with Crippen LogP contribution in [0.4, 0.5) is 0 Å². The number of nitrogens with one attached hydrogen (secondary N) is 1. The average molecular weight is 212 g/mol. The van der Waals surface area contributed by atoms with E-state index in [0.29, 0.717) is 18.8 Å². The van der Waals surface area contributed by atoms with Crippen molar-refractivity contribution in [3.8, 4) is 0 Å². The molecule has 1 rings (SSSR count). The molecular formula is C8H12N4O3. The second-order valence-electron chi connectivity index (χ2n) is 2.87. The predicted molar refractivity (Wildman–Crippen MR) is 50.0 cm³/mol. The molecule has 15 heavy (non-hydrogen) atoms. The van der Waals surface area contributed by atoms with Gasteiger partial charge >= 0.3 is 5.97 Å². The van der Waals surface area contributed by atoms with Crippen molar-refractivity contribution in [1.29, 1.82) is 0 Å². The molecule has 0 saturated carbocycles. The van der Waals surface area contributed by atoms with Crippen molar-refractivity contribution in [3.05, 3.63) is 12.2 Å². The second-order valence-corrected chi connectivity index (χ2v) is 2.87. The van der Waals surface area contributed by atoms with Gasteiger partial charge in [-0.15, -0.1) is 0 Å². The van der Waals surface area contributed by atoms with Gasteiger partial charge in [0.05, 0.1) is 0 Å². The third-order valence-electron chi connectivity index (χ3n) is 1.95. The highest BCUT2D eigenvalue weighted by Crippen LogP contribution is 1.99. The zero-order chi connectivity index (χ0) is 11.3. The first-order valence-electron chi connectivity index (χ1n) is 4.48. The topological polar surface area (TPSA) is 97.1 Å². The number of carboxylic acids is 1. The molecule has 1 unspecified atom stereocenters. The molecule has 0 fully saturated rings. The second kappa shape index (κ2) is 5.08. The Bertz CT molecular complexity index is 349. The number of carbonyl (C=O) groups is 2. The number of amides is 1. The summed E-state index contributed by atoms with van der Waals surface area (Å²) in [4.78, 5) is 24.8. The normalized spacial score (nSPS) is 12.1. The maximum atomic E-state index is 10.7. The van der Waals surface area contributed by atoms with Crippen LogP contribution in [0.1, 0.15) is 12.7 Å². The lowest BCUT2D eigenvalue weighted by Gasteiger charge is -2.10. The smallest absolute Gasteiger partial charge is 0.326 e. The first kappa shape index (κ1) is 11.2. The minimum absolute atomic E-state index is 0.127. The van der Waals surface area contributed by atoms with Crippen molar-refractivity contribution in [1.82, 2.24) is 20.1 Å². The van der Waals surface area contributed by atoms with Gasteiger partial charge in [-0.3, -0.25) is 9.48 Å². The number of aryl methyl sites for hydroxylation is 1. The van der Waals surface area contributed by atoms with Crippen LogP contribution in [0.5, 0.6) is 0 Å². The molecule has 0 aliphatic carbocycles. The van der Waals surface area contributed by atoms with E-state index in [4.69, 9.17) is 5.11 Å². The van der Waals surface area contributed by atoms with Crippen LogP contribution >= 0.6 is 0 Å². The van der Waals surface area contributed by atoms with Crippen LogP contribution in [0.15, 0.2) is 6.33 Å². The van der Waals surface area contributed by atoms with E-state index in [0.717, 1.165) is 0 Å². The maximum Gasteiger partial charge on any atom is 0.326 e. The number of aromatic nitrogens is 3. The van der Waals surface area contributed by atoms with Gasteiger partial charge in [0.15, 0.2) is 0 Å². The molecule has 0 radical (unpaired) electrons. The van der Waals surface area contributed by atoms with E-state index in [1.807, 2.05) is 6.92 Å². The van der Waals surface area contributed by atoms with Gasteiger partial charge in [0, 0.05) is 13.0 Å². The van der Waals surface area contributed by atoms with Crippen LogP contribution < -0.4 is 5.32 Å². The fraction of sp³-hybridized carbons (Fsp3) is 0.500. The molecule has 1 atom stereocenters.